The molecular weight excluding hydrogens is 316 g/mol. The summed E-state index contributed by atoms with van der Waals surface area (Å²) in [5, 5.41) is 0. The second kappa shape index (κ2) is 7.07. The van der Waals surface area contributed by atoms with Gasteiger partial charge in [-0.15, -0.1) is 0 Å². The van der Waals surface area contributed by atoms with E-state index in [1.165, 1.54) is 4.90 Å². The van der Waals surface area contributed by atoms with Crippen molar-refractivity contribution < 1.29 is 14.3 Å². The largest absolute Gasteiger partial charge is 0.492 e. The Kier molecular flexibility index (Phi) is 4.86. The van der Waals surface area contributed by atoms with Crippen LogP contribution < -0.4 is 4.74 Å². The number of carbonyl (C=O) groups excluding carboxylic acids is 2. The van der Waals surface area contributed by atoms with Gasteiger partial charge >= 0.3 is 0 Å². The Bertz CT molecular complexity index is 766. The molecule has 0 bridgehead atoms. The van der Waals surface area contributed by atoms with Crippen molar-refractivity contribution in [3.05, 3.63) is 65.2 Å². The molecule has 1 atom stereocenters. The van der Waals surface area contributed by atoms with E-state index in [9.17, 15) is 9.59 Å². The van der Waals surface area contributed by atoms with Gasteiger partial charge in [-0.05, 0) is 50.8 Å². The summed E-state index contributed by atoms with van der Waals surface area (Å²) in [6.45, 7) is 2.63. The smallest absolute Gasteiger partial charge is 0.261 e. The molecule has 0 aliphatic carbocycles. The number of nitrogens with zero attached hydrogens (tertiary/aromatic N) is 2. The molecule has 130 valence electrons. The van der Waals surface area contributed by atoms with Gasteiger partial charge in [0, 0.05) is 6.04 Å². The lowest BCUT2D eigenvalue weighted by molar-refractivity contribution is 0.0631. The Hall–Kier alpha value is -2.66. The summed E-state index contributed by atoms with van der Waals surface area (Å²) in [6, 6.07) is 15.1. The summed E-state index contributed by atoms with van der Waals surface area (Å²) in [5.74, 6) is 0.237. The summed E-state index contributed by atoms with van der Waals surface area (Å²) in [7, 11) is 4.06. The molecule has 0 saturated heterocycles. The standard InChI is InChI=1S/C20H22N2O3/c1-14(21(2)3)15-7-6-8-16(13-15)25-12-11-22-19(23)17-9-4-5-10-18(17)20(22)24/h4-10,13-14H,11-12H2,1-3H3. The van der Waals surface area contributed by atoms with E-state index in [-0.39, 0.29) is 31.0 Å². The van der Waals surface area contributed by atoms with Crippen LogP contribution in [0.2, 0.25) is 0 Å². The van der Waals surface area contributed by atoms with Crippen molar-refractivity contribution in [1.29, 1.82) is 0 Å². The highest BCUT2D eigenvalue weighted by Crippen LogP contribution is 2.24. The summed E-state index contributed by atoms with van der Waals surface area (Å²) in [5.41, 5.74) is 2.09. The lowest BCUT2D eigenvalue weighted by Crippen LogP contribution is -2.33. The number of fused-ring (bicyclic) bond motifs is 1. The third-order valence-corrected chi connectivity index (χ3v) is 4.58. The van der Waals surface area contributed by atoms with Gasteiger partial charge in [-0.2, -0.15) is 0 Å². The zero-order valence-corrected chi connectivity index (χ0v) is 14.7. The lowest BCUT2D eigenvalue weighted by atomic mass is 10.1. The van der Waals surface area contributed by atoms with Crippen molar-refractivity contribution in [2.75, 3.05) is 27.2 Å². The average molecular weight is 338 g/mol. The van der Waals surface area contributed by atoms with Crippen LogP contribution >= 0.6 is 0 Å². The van der Waals surface area contributed by atoms with Crippen molar-refractivity contribution >= 4 is 11.8 Å². The van der Waals surface area contributed by atoms with Gasteiger partial charge < -0.3 is 9.64 Å². The summed E-state index contributed by atoms with van der Waals surface area (Å²) in [4.78, 5) is 28.0. The first-order valence-electron chi connectivity index (χ1n) is 8.33. The molecule has 0 N–H and O–H groups in total. The normalized spacial score (nSPS) is 14.8. The van der Waals surface area contributed by atoms with E-state index in [0.717, 1.165) is 11.3 Å². The second-order valence-corrected chi connectivity index (χ2v) is 6.37. The van der Waals surface area contributed by atoms with E-state index in [4.69, 9.17) is 4.74 Å². The highest BCUT2D eigenvalue weighted by Gasteiger charge is 2.34. The van der Waals surface area contributed by atoms with Crippen LogP contribution in [0.3, 0.4) is 0 Å². The van der Waals surface area contributed by atoms with E-state index in [2.05, 4.69) is 17.9 Å². The second-order valence-electron chi connectivity index (χ2n) is 6.37. The van der Waals surface area contributed by atoms with Crippen LogP contribution in [0, 0.1) is 0 Å². The average Bonchev–Trinajstić information content (AvgIpc) is 2.86. The monoisotopic (exact) mass is 338 g/mol. The fraction of sp³-hybridized carbons (Fsp3) is 0.300. The number of imide groups is 1. The molecule has 1 unspecified atom stereocenters. The molecule has 25 heavy (non-hydrogen) atoms. The molecular formula is C20H22N2O3. The number of ether oxygens (including phenoxy) is 1. The maximum absolute atomic E-state index is 12.3. The molecule has 1 aliphatic heterocycles. The number of carbonyl (C=O) groups is 2. The lowest BCUT2D eigenvalue weighted by Gasteiger charge is -2.21. The third kappa shape index (κ3) is 3.42. The molecule has 0 radical (unpaired) electrons. The number of hydrogen-bond donors (Lipinski definition) is 0. The highest BCUT2D eigenvalue weighted by molar-refractivity contribution is 6.21. The first-order valence-corrected chi connectivity index (χ1v) is 8.33. The molecule has 2 aromatic rings. The maximum Gasteiger partial charge on any atom is 0.261 e. The zero-order chi connectivity index (χ0) is 18.0. The number of benzene rings is 2. The van der Waals surface area contributed by atoms with Gasteiger partial charge in [-0.1, -0.05) is 24.3 Å². The van der Waals surface area contributed by atoms with Crippen LogP contribution in [0.15, 0.2) is 48.5 Å². The van der Waals surface area contributed by atoms with Gasteiger partial charge in [-0.25, -0.2) is 0 Å². The van der Waals surface area contributed by atoms with E-state index >= 15 is 0 Å². The molecule has 0 fully saturated rings. The topological polar surface area (TPSA) is 49.9 Å². The molecule has 1 aliphatic rings. The highest BCUT2D eigenvalue weighted by atomic mass is 16.5. The molecule has 5 heteroatoms. The Morgan fingerprint density at radius 1 is 1.00 bits per heavy atom. The number of rotatable bonds is 6. The fourth-order valence-corrected chi connectivity index (χ4v) is 2.86. The van der Waals surface area contributed by atoms with Gasteiger partial charge in [0.1, 0.15) is 12.4 Å². The Balaban J connectivity index is 1.62. The molecule has 0 saturated carbocycles. The minimum atomic E-state index is -0.251. The fourth-order valence-electron chi connectivity index (χ4n) is 2.86. The van der Waals surface area contributed by atoms with Crippen LogP contribution in [0.5, 0.6) is 5.75 Å². The Morgan fingerprint density at radius 3 is 2.24 bits per heavy atom. The Morgan fingerprint density at radius 2 is 1.64 bits per heavy atom. The van der Waals surface area contributed by atoms with Gasteiger partial charge in [0.15, 0.2) is 0 Å². The molecule has 0 aromatic heterocycles. The molecule has 3 rings (SSSR count). The van der Waals surface area contributed by atoms with E-state index in [1.807, 2.05) is 32.3 Å². The predicted octanol–water partition coefficient (Wildman–Crippen LogP) is 2.98. The first-order chi connectivity index (χ1) is 12.0. The molecule has 2 aromatic carbocycles. The van der Waals surface area contributed by atoms with Crippen molar-refractivity contribution in [1.82, 2.24) is 9.80 Å². The van der Waals surface area contributed by atoms with E-state index in [1.54, 1.807) is 24.3 Å². The summed E-state index contributed by atoms with van der Waals surface area (Å²) in [6.07, 6.45) is 0. The zero-order valence-electron chi connectivity index (χ0n) is 14.7. The Labute approximate surface area is 147 Å². The first kappa shape index (κ1) is 17.2. The number of amides is 2. The molecule has 1 heterocycles. The van der Waals surface area contributed by atoms with Crippen LogP contribution in [-0.4, -0.2) is 48.9 Å². The van der Waals surface area contributed by atoms with Crippen LogP contribution in [0.4, 0.5) is 0 Å². The van der Waals surface area contributed by atoms with Gasteiger partial charge in [0.2, 0.25) is 0 Å². The van der Waals surface area contributed by atoms with Crippen molar-refractivity contribution in [2.24, 2.45) is 0 Å². The minimum Gasteiger partial charge on any atom is -0.492 e. The predicted molar refractivity (Wildman–Crippen MR) is 95.8 cm³/mol. The summed E-state index contributed by atoms with van der Waals surface area (Å²) < 4.78 is 5.77. The number of hydrogen-bond acceptors (Lipinski definition) is 4. The van der Waals surface area contributed by atoms with Crippen molar-refractivity contribution in [3.63, 3.8) is 0 Å². The van der Waals surface area contributed by atoms with Gasteiger partial charge in [0.05, 0.1) is 17.7 Å². The molecule has 5 nitrogen and oxygen atoms in total. The SMILES string of the molecule is CC(c1cccc(OCCN2C(=O)c3ccccc3C2=O)c1)N(C)C. The third-order valence-electron chi connectivity index (χ3n) is 4.58. The van der Waals surface area contributed by atoms with E-state index < -0.39 is 0 Å². The van der Waals surface area contributed by atoms with Gasteiger partial charge in [0.25, 0.3) is 11.8 Å². The van der Waals surface area contributed by atoms with Crippen LogP contribution in [0.1, 0.15) is 39.2 Å². The van der Waals surface area contributed by atoms with Crippen molar-refractivity contribution in [2.45, 2.75) is 13.0 Å². The van der Waals surface area contributed by atoms with Gasteiger partial charge in [-0.3, -0.25) is 14.5 Å². The molecule has 2 amide bonds. The summed E-state index contributed by atoms with van der Waals surface area (Å²) >= 11 is 0. The molecule has 0 spiro atoms. The van der Waals surface area contributed by atoms with Crippen molar-refractivity contribution in [3.8, 4) is 5.75 Å². The van der Waals surface area contributed by atoms with Crippen LogP contribution in [-0.2, 0) is 0 Å². The van der Waals surface area contributed by atoms with Crippen LogP contribution in [0.25, 0.3) is 0 Å². The quantitative estimate of drug-likeness (QED) is 0.760. The maximum atomic E-state index is 12.3. The minimum absolute atomic E-state index is 0.236. The van der Waals surface area contributed by atoms with E-state index in [0.29, 0.717) is 11.1 Å².